The van der Waals surface area contributed by atoms with Crippen LogP contribution in [0.15, 0.2) is 37.3 Å². The summed E-state index contributed by atoms with van der Waals surface area (Å²) in [4.78, 5) is 32.6. The summed E-state index contributed by atoms with van der Waals surface area (Å²) in [7, 11) is 1.84. The molecule has 1 aliphatic rings. The number of amides is 1. The lowest BCUT2D eigenvalue weighted by Gasteiger charge is -2.24. The Bertz CT molecular complexity index is 1180. The molecule has 3 aromatic rings. The van der Waals surface area contributed by atoms with Gasteiger partial charge in [-0.2, -0.15) is 4.98 Å². The maximum absolute atomic E-state index is 14.4. The van der Waals surface area contributed by atoms with Crippen molar-refractivity contribution >= 4 is 46.1 Å². The highest BCUT2D eigenvalue weighted by Gasteiger charge is 2.29. The number of hydrogen-bond acceptors (Lipinski definition) is 7. The largest absolute Gasteiger partial charge is 0.434 e. The fourth-order valence-electron chi connectivity index (χ4n) is 3.31. The summed E-state index contributed by atoms with van der Waals surface area (Å²) in [6, 6.07) is 2.81. The van der Waals surface area contributed by atoms with Crippen LogP contribution in [0.25, 0.3) is 11.0 Å². The van der Waals surface area contributed by atoms with Crippen LogP contribution in [0.1, 0.15) is 6.42 Å². The number of carbonyl (C=O) groups excluding carboxylic acids is 1. The zero-order valence-electron chi connectivity index (χ0n) is 16.4. The number of carbonyl (C=O) groups is 1. The molecule has 160 valence electrons. The Morgan fingerprint density at radius 3 is 2.94 bits per heavy atom. The van der Waals surface area contributed by atoms with Gasteiger partial charge in [-0.1, -0.05) is 29.8 Å². The van der Waals surface area contributed by atoms with Crippen LogP contribution < -0.4 is 9.64 Å². The first-order chi connectivity index (χ1) is 14.9. The van der Waals surface area contributed by atoms with Crippen molar-refractivity contribution in [2.24, 2.45) is 0 Å². The van der Waals surface area contributed by atoms with E-state index in [-0.39, 0.29) is 33.6 Å². The Morgan fingerprint density at radius 1 is 1.35 bits per heavy atom. The van der Waals surface area contributed by atoms with Gasteiger partial charge in [0.05, 0.1) is 22.3 Å². The molecule has 3 heterocycles. The van der Waals surface area contributed by atoms with E-state index >= 15 is 0 Å². The van der Waals surface area contributed by atoms with Gasteiger partial charge in [-0.3, -0.25) is 4.79 Å². The summed E-state index contributed by atoms with van der Waals surface area (Å²) in [5, 5.41) is -0.168. The number of benzene rings is 1. The summed E-state index contributed by atoms with van der Waals surface area (Å²) >= 11 is 11.7. The van der Waals surface area contributed by atoms with Crippen LogP contribution in [0.2, 0.25) is 10.0 Å². The minimum Gasteiger partial charge on any atom is -0.434 e. The Labute approximate surface area is 187 Å². The zero-order chi connectivity index (χ0) is 22.1. The van der Waals surface area contributed by atoms with Gasteiger partial charge in [0.1, 0.15) is 11.8 Å². The molecular weight excluding hydrogens is 446 g/mol. The molecule has 4 rings (SSSR count). The predicted molar refractivity (Wildman–Crippen MR) is 115 cm³/mol. The second-order valence-corrected chi connectivity index (χ2v) is 7.69. The fraction of sp³-hybridized carbons (Fsp3) is 0.250. The minimum atomic E-state index is -0.801. The average Bonchev–Trinajstić information content (AvgIpc) is 3.28. The molecule has 1 fully saturated rings. The number of nitrogens with zero attached hydrogens (tertiary/aromatic N) is 6. The highest BCUT2D eigenvalue weighted by atomic mass is 35.5. The highest BCUT2D eigenvalue weighted by Crippen LogP contribution is 2.34. The Kier molecular flexibility index (Phi) is 5.88. The molecule has 0 spiro atoms. The van der Waals surface area contributed by atoms with Gasteiger partial charge >= 0.3 is 0 Å². The van der Waals surface area contributed by atoms with E-state index in [4.69, 9.17) is 27.9 Å². The molecule has 8 nitrogen and oxygen atoms in total. The van der Waals surface area contributed by atoms with Crippen LogP contribution in [0, 0.1) is 5.82 Å². The van der Waals surface area contributed by atoms with Gasteiger partial charge in [0.2, 0.25) is 17.7 Å². The number of anilines is 1. The number of ether oxygens (including phenoxy) is 1. The maximum atomic E-state index is 14.4. The summed E-state index contributed by atoms with van der Waals surface area (Å²) in [5.74, 6) is -0.598. The molecule has 31 heavy (non-hydrogen) atoms. The molecule has 0 saturated carbocycles. The van der Waals surface area contributed by atoms with Gasteiger partial charge in [-0.05, 0) is 24.6 Å². The SMILES string of the molecule is C=CC(=O)N1CCC(N(C)c2ncc3ncnc(Oc4ccc(Cl)c(Cl)c4F)c3n2)C1. The molecule has 0 aliphatic carbocycles. The van der Waals surface area contributed by atoms with E-state index in [0.29, 0.717) is 30.1 Å². The minimum absolute atomic E-state index is 0.0304. The van der Waals surface area contributed by atoms with Gasteiger partial charge in [0.15, 0.2) is 17.1 Å². The van der Waals surface area contributed by atoms with Gasteiger partial charge in [0, 0.05) is 20.1 Å². The smallest absolute Gasteiger partial charge is 0.249 e. The lowest BCUT2D eigenvalue weighted by molar-refractivity contribution is -0.125. The predicted octanol–water partition coefficient (Wildman–Crippen LogP) is 3.88. The summed E-state index contributed by atoms with van der Waals surface area (Å²) in [5.41, 5.74) is 0.736. The van der Waals surface area contributed by atoms with Crippen molar-refractivity contribution < 1.29 is 13.9 Å². The summed E-state index contributed by atoms with van der Waals surface area (Å²) in [6.07, 6.45) is 4.88. The summed E-state index contributed by atoms with van der Waals surface area (Å²) < 4.78 is 20.1. The van der Waals surface area contributed by atoms with E-state index in [1.165, 1.54) is 30.7 Å². The number of halogens is 3. The van der Waals surface area contributed by atoms with E-state index in [1.807, 2.05) is 11.9 Å². The standard InChI is InChI=1S/C20H17Cl2FN6O2/c1-3-15(30)29-7-6-11(9-29)28(2)20-24-8-13-18(27-20)19(26-10-25-13)31-14-5-4-12(21)16(22)17(14)23/h3-5,8,10-11H,1,6-7,9H2,2H3. The molecule has 1 aromatic carbocycles. The van der Waals surface area contributed by atoms with Crippen molar-refractivity contribution in [2.45, 2.75) is 12.5 Å². The van der Waals surface area contributed by atoms with Crippen molar-refractivity contribution in [1.82, 2.24) is 24.8 Å². The van der Waals surface area contributed by atoms with E-state index in [1.54, 1.807) is 4.90 Å². The molecule has 2 aromatic heterocycles. The van der Waals surface area contributed by atoms with Crippen LogP contribution in [0.4, 0.5) is 10.3 Å². The fourth-order valence-corrected chi connectivity index (χ4v) is 3.61. The first-order valence-corrected chi connectivity index (χ1v) is 10.1. The quantitative estimate of drug-likeness (QED) is 0.420. The van der Waals surface area contributed by atoms with E-state index in [2.05, 4.69) is 26.5 Å². The van der Waals surface area contributed by atoms with Crippen molar-refractivity contribution in [3.05, 3.63) is 53.2 Å². The van der Waals surface area contributed by atoms with Crippen molar-refractivity contribution in [3.8, 4) is 11.6 Å². The maximum Gasteiger partial charge on any atom is 0.249 e. The van der Waals surface area contributed by atoms with Crippen LogP contribution in [-0.4, -0.2) is 56.9 Å². The molecule has 1 aliphatic heterocycles. The lowest BCUT2D eigenvalue weighted by atomic mass is 10.2. The first-order valence-electron chi connectivity index (χ1n) is 9.32. The highest BCUT2D eigenvalue weighted by molar-refractivity contribution is 6.42. The van der Waals surface area contributed by atoms with Gasteiger partial charge in [-0.15, -0.1) is 0 Å². The van der Waals surface area contributed by atoms with Crippen LogP contribution in [0.5, 0.6) is 11.6 Å². The van der Waals surface area contributed by atoms with Crippen LogP contribution >= 0.6 is 23.2 Å². The molecule has 0 bridgehead atoms. The lowest BCUT2D eigenvalue weighted by Crippen LogP contribution is -2.37. The van der Waals surface area contributed by atoms with Crippen molar-refractivity contribution in [3.63, 3.8) is 0 Å². The molecular formula is C20H17Cl2FN6O2. The number of aromatic nitrogens is 4. The monoisotopic (exact) mass is 462 g/mol. The average molecular weight is 463 g/mol. The third-order valence-electron chi connectivity index (χ3n) is 5.05. The van der Waals surface area contributed by atoms with Gasteiger partial charge < -0.3 is 14.5 Å². The van der Waals surface area contributed by atoms with E-state index < -0.39 is 5.82 Å². The van der Waals surface area contributed by atoms with Crippen LogP contribution in [-0.2, 0) is 4.79 Å². The van der Waals surface area contributed by atoms with Crippen molar-refractivity contribution in [2.75, 3.05) is 25.0 Å². The van der Waals surface area contributed by atoms with E-state index in [0.717, 1.165) is 6.42 Å². The second-order valence-electron chi connectivity index (χ2n) is 6.90. The third-order valence-corrected chi connectivity index (χ3v) is 5.83. The van der Waals surface area contributed by atoms with Crippen molar-refractivity contribution in [1.29, 1.82) is 0 Å². The zero-order valence-corrected chi connectivity index (χ0v) is 17.9. The molecule has 1 unspecified atom stereocenters. The van der Waals surface area contributed by atoms with E-state index in [9.17, 15) is 9.18 Å². The molecule has 1 atom stereocenters. The third kappa shape index (κ3) is 4.11. The number of likely N-dealkylation sites (tertiary alicyclic amines) is 1. The van der Waals surface area contributed by atoms with Crippen LogP contribution in [0.3, 0.4) is 0 Å². The Hall–Kier alpha value is -3.04. The molecule has 11 heteroatoms. The number of rotatable bonds is 5. The van der Waals surface area contributed by atoms with Gasteiger partial charge in [-0.25, -0.2) is 19.3 Å². The number of likely N-dealkylation sites (N-methyl/N-ethyl adjacent to an activating group) is 1. The topological polar surface area (TPSA) is 84.3 Å². The first kappa shape index (κ1) is 21.2. The number of hydrogen-bond donors (Lipinski definition) is 0. The molecule has 1 amide bonds. The molecule has 0 N–H and O–H groups in total. The normalized spacial score (nSPS) is 15.9. The molecule has 1 saturated heterocycles. The Balaban J connectivity index is 1.64. The Morgan fingerprint density at radius 2 is 2.16 bits per heavy atom. The second kappa shape index (κ2) is 8.60. The number of fused-ring (bicyclic) bond motifs is 1. The summed E-state index contributed by atoms with van der Waals surface area (Å²) in [6.45, 7) is 4.69. The molecule has 0 radical (unpaired) electrons. The van der Waals surface area contributed by atoms with Gasteiger partial charge in [0.25, 0.3) is 0 Å².